The van der Waals surface area contributed by atoms with Crippen LogP contribution in [-0.4, -0.2) is 29.6 Å². The summed E-state index contributed by atoms with van der Waals surface area (Å²) >= 11 is 0. The van der Waals surface area contributed by atoms with Crippen molar-refractivity contribution in [2.45, 2.75) is 25.7 Å². The summed E-state index contributed by atoms with van der Waals surface area (Å²) in [6.07, 6.45) is 10.5. The second-order valence-corrected chi connectivity index (χ2v) is 6.34. The third kappa shape index (κ3) is 1.57. The van der Waals surface area contributed by atoms with Crippen molar-refractivity contribution in [2.24, 2.45) is 23.7 Å². The van der Waals surface area contributed by atoms with Crippen LogP contribution in [0.5, 0.6) is 0 Å². The predicted octanol–water partition coefficient (Wildman–Crippen LogP) is 1.95. The number of hydrogen-bond acceptors (Lipinski definition) is 3. The molecule has 3 heteroatoms. The Morgan fingerprint density at radius 3 is 2.37 bits per heavy atom. The topological polar surface area (TPSA) is 37.4 Å². The maximum absolute atomic E-state index is 12.7. The number of carbonyl (C=O) groups excluding carboxylic acids is 2. The number of allylic oxidation sites excluding steroid dienone is 4. The van der Waals surface area contributed by atoms with E-state index in [4.69, 9.17) is 0 Å². The Morgan fingerprint density at radius 1 is 0.947 bits per heavy atom. The van der Waals surface area contributed by atoms with Crippen LogP contribution in [0.3, 0.4) is 0 Å². The molecule has 4 atom stereocenters. The molecule has 4 aliphatic rings. The Balaban J connectivity index is 1.67. The molecule has 1 aliphatic heterocycles. The average Bonchev–Trinajstić information content (AvgIpc) is 3.05. The minimum Gasteiger partial charge on any atom is -0.369 e. The van der Waals surface area contributed by atoms with Crippen molar-refractivity contribution in [1.29, 1.82) is 0 Å². The van der Waals surface area contributed by atoms with E-state index in [-0.39, 0.29) is 23.4 Å². The molecule has 100 valence electrons. The number of Topliss-reactive ketones (excluding diaryl/α,β-unsaturated/α-hetero) is 1. The quantitative estimate of drug-likeness (QED) is 0.674. The SMILES string of the molecule is O=C1C=C(N2CCCCC2)C(=O)[C@H]2[C@@H]1[C@H]1C=C[C@H]2C1. The Kier molecular flexibility index (Phi) is 2.44. The number of carbonyl (C=O) groups is 2. The zero-order chi connectivity index (χ0) is 13.0. The summed E-state index contributed by atoms with van der Waals surface area (Å²) in [5.41, 5.74) is 0.715. The molecule has 0 aromatic rings. The van der Waals surface area contributed by atoms with Crippen molar-refractivity contribution < 1.29 is 9.59 Å². The zero-order valence-corrected chi connectivity index (χ0v) is 11.0. The first-order valence-corrected chi connectivity index (χ1v) is 7.49. The maximum atomic E-state index is 12.7. The van der Waals surface area contributed by atoms with Crippen LogP contribution < -0.4 is 0 Å². The van der Waals surface area contributed by atoms with Gasteiger partial charge in [-0.15, -0.1) is 0 Å². The third-order valence-electron chi connectivity index (χ3n) is 5.32. The molecule has 3 nitrogen and oxygen atoms in total. The van der Waals surface area contributed by atoms with Gasteiger partial charge in [-0.1, -0.05) is 12.2 Å². The Hall–Kier alpha value is -1.38. The lowest BCUT2D eigenvalue weighted by atomic mass is 9.73. The van der Waals surface area contributed by atoms with Crippen LogP contribution in [0.1, 0.15) is 25.7 Å². The first kappa shape index (κ1) is 11.4. The summed E-state index contributed by atoms with van der Waals surface area (Å²) < 4.78 is 0. The molecule has 1 saturated heterocycles. The van der Waals surface area contributed by atoms with Gasteiger partial charge in [0.25, 0.3) is 0 Å². The minimum atomic E-state index is -0.0515. The van der Waals surface area contributed by atoms with E-state index in [1.165, 1.54) is 6.42 Å². The van der Waals surface area contributed by atoms with Crippen LogP contribution in [0.25, 0.3) is 0 Å². The second-order valence-electron chi connectivity index (χ2n) is 6.34. The minimum absolute atomic E-state index is 0.0453. The van der Waals surface area contributed by atoms with Crippen molar-refractivity contribution in [3.05, 3.63) is 23.9 Å². The molecule has 19 heavy (non-hydrogen) atoms. The normalized spacial score (nSPS) is 40.6. The van der Waals surface area contributed by atoms with Gasteiger partial charge < -0.3 is 4.90 Å². The Labute approximate surface area is 113 Å². The summed E-state index contributed by atoms with van der Waals surface area (Å²) in [4.78, 5) is 27.3. The molecule has 2 fully saturated rings. The van der Waals surface area contributed by atoms with Crippen molar-refractivity contribution in [3.8, 4) is 0 Å². The van der Waals surface area contributed by atoms with Gasteiger partial charge in [-0.3, -0.25) is 9.59 Å². The molecule has 0 unspecified atom stereocenters. The largest absolute Gasteiger partial charge is 0.369 e. The molecular formula is C16H19NO2. The summed E-state index contributed by atoms with van der Waals surface area (Å²) in [6.45, 7) is 1.87. The van der Waals surface area contributed by atoms with Crippen LogP contribution >= 0.6 is 0 Å². The molecule has 1 heterocycles. The number of fused-ring (bicyclic) bond motifs is 5. The van der Waals surface area contributed by atoms with E-state index in [0.717, 1.165) is 32.4 Å². The highest BCUT2D eigenvalue weighted by atomic mass is 16.1. The lowest BCUT2D eigenvalue weighted by Gasteiger charge is -2.36. The monoisotopic (exact) mass is 257 g/mol. The fourth-order valence-corrected chi connectivity index (χ4v) is 4.42. The van der Waals surface area contributed by atoms with Crippen LogP contribution in [0.4, 0.5) is 0 Å². The molecule has 4 rings (SSSR count). The molecule has 2 bridgehead atoms. The lowest BCUT2D eigenvalue weighted by molar-refractivity contribution is -0.131. The van der Waals surface area contributed by atoms with Crippen LogP contribution in [-0.2, 0) is 9.59 Å². The average molecular weight is 257 g/mol. The van der Waals surface area contributed by atoms with Crippen molar-refractivity contribution in [2.75, 3.05) is 13.1 Å². The van der Waals surface area contributed by atoms with Crippen molar-refractivity contribution in [3.63, 3.8) is 0 Å². The number of ketones is 2. The summed E-state index contributed by atoms with van der Waals surface area (Å²) in [6, 6.07) is 0. The highest BCUT2D eigenvalue weighted by Crippen LogP contribution is 2.51. The van der Waals surface area contributed by atoms with E-state index in [9.17, 15) is 9.59 Å². The lowest BCUT2D eigenvalue weighted by Crippen LogP contribution is -2.43. The molecule has 0 aromatic carbocycles. The summed E-state index contributed by atoms with van der Waals surface area (Å²) in [5.74, 6) is 0.983. The molecule has 0 amide bonds. The van der Waals surface area contributed by atoms with Gasteiger partial charge in [0, 0.05) is 31.0 Å². The van der Waals surface area contributed by atoms with E-state index in [1.54, 1.807) is 6.08 Å². The molecule has 3 aliphatic carbocycles. The van der Waals surface area contributed by atoms with E-state index < -0.39 is 0 Å². The number of rotatable bonds is 1. The standard InChI is InChI=1S/C16H19NO2/c18-13-9-12(17-6-2-1-3-7-17)16(19)15-11-5-4-10(8-11)14(13)15/h4-5,9-11,14-15H,1-3,6-8H2/t10-,11-,14+,15+/m0/s1. The smallest absolute Gasteiger partial charge is 0.183 e. The van der Waals surface area contributed by atoms with Gasteiger partial charge in [0.1, 0.15) is 0 Å². The first-order chi connectivity index (χ1) is 9.25. The van der Waals surface area contributed by atoms with Gasteiger partial charge in [-0.05, 0) is 37.5 Å². The van der Waals surface area contributed by atoms with E-state index in [0.29, 0.717) is 17.5 Å². The molecular weight excluding hydrogens is 238 g/mol. The Morgan fingerprint density at radius 2 is 1.63 bits per heavy atom. The van der Waals surface area contributed by atoms with Gasteiger partial charge in [0.15, 0.2) is 11.6 Å². The predicted molar refractivity (Wildman–Crippen MR) is 71.2 cm³/mol. The first-order valence-electron chi connectivity index (χ1n) is 7.49. The number of hydrogen-bond donors (Lipinski definition) is 0. The summed E-state index contributed by atoms with van der Waals surface area (Å²) in [7, 11) is 0. The third-order valence-corrected chi connectivity index (χ3v) is 5.32. The molecule has 0 aromatic heterocycles. The molecule has 0 N–H and O–H groups in total. The Bertz CT molecular complexity index is 499. The van der Waals surface area contributed by atoms with Crippen molar-refractivity contribution in [1.82, 2.24) is 4.90 Å². The highest BCUT2D eigenvalue weighted by Gasteiger charge is 2.53. The number of piperidine rings is 1. The van der Waals surface area contributed by atoms with Gasteiger partial charge in [0.2, 0.25) is 0 Å². The second kappa shape index (κ2) is 4.06. The van der Waals surface area contributed by atoms with Gasteiger partial charge in [-0.25, -0.2) is 0 Å². The van der Waals surface area contributed by atoms with Gasteiger partial charge in [-0.2, -0.15) is 0 Å². The van der Waals surface area contributed by atoms with Crippen LogP contribution in [0.15, 0.2) is 23.9 Å². The van der Waals surface area contributed by atoms with E-state index in [2.05, 4.69) is 17.1 Å². The van der Waals surface area contributed by atoms with Crippen LogP contribution in [0, 0.1) is 23.7 Å². The van der Waals surface area contributed by atoms with Gasteiger partial charge >= 0.3 is 0 Å². The number of likely N-dealkylation sites (tertiary alicyclic amines) is 1. The molecule has 1 saturated carbocycles. The highest BCUT2D eigenvalue weighted by molar-refractivity contribution is 6.11. The molecule has 0 spiro atoms. The maximum Gasteiger partial charge on any atom is 0.183 e. The van der Waals surface area contributed by atoms with E-state index >= 15 is 0 Å². The van der Waals surface area contributed by atoms with Gasteiger partial charge in [0.05, 0.1) is 5.70 Å². The summed E-state index contributed by atoms with van der Waals surface area (Å²) in [5, 5.41) is 0. The fraction of sp³-hybridized carbons (Fsp3) is 0.625. The van der Waals surface area contributed by atoms with Crippen molar-refractivity contribution >= 4 is 11.6 Å². The number of nitrogens with zero attached hydrogens (tertiary/aromatic N) is 1. The van der Waals surface area contributed by atoms with E-state index in [1.807, 2.05) is 0 Å². The fourth-order valence-electron chi connectivity index (χ4n) is 4.42. The van der Waals surface area contributed by atoms with Crippen LogP contribution in [0.2, 0.25) is 0 Å². The zero-order valence-electron chi connectivity index (χ0n) is 11.0. The molecule has 0 radical (unpaired) electrons.